The van der Waals surface area contributed by atoms with Gasteiger partial charge in [0.2, 0.25) is 0 Å². The number of fused-ring (bicyclic) bond motifs is 1. The summed E-state index contributed by atoms with van der Waals surface area (Å²) < 4.78 is 25.1. The topological polar surface area (TPSA) is 54.0 Å². The zero-order chi connectivity index (χ0) is 23.0. The van der Waals surface area contributed by atoms with E-state index in [1.807, 2.05) is 0 Å². The highest BCUT2D eigenvalue weighted by molar-refractivity contribution is 5.81. The molecule has 4 rings (SSSR count). The Balaban J connectivity index is 1.50. The maximum atomic E-state index is 12.4. The molecule has 0 spiro atoms. The molecule has 2 heterocycles. The Hall–Kier alpha value is -0.910. The predicted octanol–water partition coefficient (Wildman–Crippen LogP) is 6.55. The minimum Gasteiger partial charge on any atom is -0.469 e. The van der Waals surface area contributed by atoms with Gasteiger partial charge in [-0.15, -0.1) is 0 Å². The SMILES string of the molecule is CCCCCC(C)C/C=C(/OC1CCCCO1)[C@@H]1[C@H]2CC(=O)C[C@H]2C[C@H]1OC1CCCCO1. The Labute approximate surface area is 200 Å². The molecule has 0 radical (unpaired) electrons. The molecule has 0 N–H and O–H groups in total. The number of ether oxygens (including phenoxy) is 4. The van der Waals surface area contributed by atoms with E-state index in [9.17, 15) is 4.79 Å². The number of carbonyl (C=O) groups is 1. The van der Waals surface area contributed by atoms with E-state index in [0.29, 0.717) is 36.4 Å². The Morgan fingerprint density at radius 2 is 1.82 bits per heavy atom. The van der Waals surface area contributed by atoms with Crippen LogP contribution in [0.25, 0.3) is 0 Å². The average Bonchev–Trinajstić information content (AvgIpc) is 3.33. The summed E-state index contributed by atoms with van der Waals surface area (Å²) in [4.78, 5) is 12.4. The van der Waals surface area contributed by atoms with Gasteiger partial charge in [-0.1, -0.05) is 39.5 Å². The van der Waals surface area contributed by atoms with Crippen molar-refractivity contribution in [3.05, 3.63) is 11.8 Å². The fourth-order valence-corrected chi connectivity index (χ4v) is 6.30. The van der Waals surface area contributed by atoms with Gasteiger partial charge < -0.3 is 18.9 Å². The van der Waals surface area contributed by atoms with Gasteiger partial charge in [0.1, 0.15) is 11.5 Å². The summed E-state index contributed by atoms with van der Waals surface area (Å²) in [5, 5.41) is 0. The van der Waals surface area contributed by atoms with Crippen LogP contribution in [0.1, 0.15) is 104 Å². The third-order valence-corrected chi connectivity index (χ3v) is 8.18. The van der Waals surface area contributed by atoms with E-state index in [1.165, 1.54) is 25.7 Å². The van der Waals surface area contributed by atoms with Crippen LogP contribution in [0.4, 0.5) is 0 Å². The number of hydrogen-bond donors (Lipinski definition) is 0. The van der Waals surface area contributed by atoms with E-state index in [1.54, 1.807) is 0 Å². The summed E-state index contributed by atoms with van der Waals surface area (Å²) in [7, 11) is 0. The molecule has 0 aromatic carbocycles. The van der Waals surface area contributed by atoms with E-state index in [4.69, 9.17) is 18.9 Å². The van der Waals surface area contributed by atoms with Crippen molar-refractivity contribution < 1.29 is 23.7 Å². The standard InChI is InChI=1S/C28H46O5/c1-3-4-5-10-20(2)13-14-24(32-26-11-6-8-15-30-26)28-23-19-22(29)17-21(23)18-25(28)33-27-12-7-9-16-31-27/h14,20-21,23,25-28H,3-13,15-19H2,1-2H3/b24-14+/t20?,21-,23-,25+,26?,27?,28-/m0/s1. The molecule has 4 fully saturated rings. The van der Waals surface area contributed by atoms with Gasteiger partial charge in [-0.2, -0.15) is 0 Å². The van der Waals surface area contributed by atoms with E-state index < -0.39 is 0 Å². The highest BCUT2D eigenvalue weighted by atomic mass is 16.7. The number of hydrogen-bond acceptors (Lipinski definition) is 5. The summed E-state index contributed by atoms with van der Waals surface area (Å²) >= 11 is 0. The van der Waals surface area contributed by atoms with Gasteiger partial charge in [-0.05, 0) is 68.8 Å². The maximum Gasteiger partial charge on any atom is 0.199 e. The van der Waals surface area contributed by atoms with Gasteiger partial charge in [-0.25, -0.2) is 0 Å². The first-order chi connectivity index (χ1) is 16.1. The second-order valence-corrected chi connectivity index (χ2v) is 11.0. The van der Waals surface area contributed by atoms with Gasteiger partial charge >= 0.3 is 0 Å². The summed E-state index contributed by atoms with van der Waals surface area (Å²) in [6.07, 6.45) is 17.0. The molecule has 0 amide bonds. The smallest absolute Gasteiger partial charge is 0.199 e. The highest BCUT2D eigenvalue weighted by Crippen LogP contribution is 2.51. The van der Waals surface area contributed by atoms with Crippen molar-refractivity contribution in [3.63, 3.8) is 0 Å². The Morgan fingerprint density at radius 3 is 2.52 bits per heavy atom. The Morgan fingerprint density at radius 1 is 1.06 bits per heavy atom. The molecule has 5 nitrogen and oxygen atoms in total. The van der Waals surface area contributed by atoms with Crippen LogP contribution in [0.3, 0.4) is 0 Å². The van der Waals surface area contributed by atoms with Crippen molar-refractivity contribution in [1.29, 1.82) is 0 Å². The number of allylic oxidation sites excluding steroid dienone is 1. The minimum atomic E-state index is -0.164. The Bertz CT molecular complexity index is 634. The third kappa shape index (κ3) is 7.05. The minimum absolute atomic E-state index is 0.0708. The normalized spacial score (nSPS) is 36.1. The van der Waals surface area contributed by atoms with Crippen LogP contribution in [-0.4, -0.2) is 37.7 Å². The molecule has 2 saturated carbocycles. The van der Waals surface area contributed by atoms with Crippen molar-refractivity contribution in [2.24, 2.45) is 23.7 Å². The molecule has 0 aromatic heterocycles. The van der Waals surface area contributed by atoms with E-state index >= 15 is 0 Å². The molecule has 188 valence electrons. The molecule has 7 atom stereocenters. The van der Waals surface area contributed by atoms with Crippen LogP contribution >= 0.6 is 0 Å². The molecule has 5 heteroatoms. The molecule has 2 aliphatic heterocycles. The Kier molecular flexibility index (Phi) is 9.69. The van der Waals surface area contributed by atoms with E-state index in [2.05, 4.69) is 19.9 Å². The van der Waals surface area contributed by atoms with E-state index in [0.717, 1.165) is 70.3 Å². The lowest BCUT2D eigenvalue weighted by atomic mass is 9.88. The molecule has 2 saturated heterocycles. The number of ketones is 1. The van der Waals surface area contributed by atoms with Gasteiger partial charge in [0.05, 0.1) is 12.7 Å². The lowest BCUT2D eigenvalue weighted by Crippen LogP contribution is -2.34. The van der Waals surface area contributed by atoms with Crippen molar-refractivity contribution in [2.45, 2.75) is 122 Å². The number of carbonyl (C=O) groups excluding carboxylic acids is 1. The molecule has 4 aliphatic rings. The second kappa shape index (κ2) is 12.7. The summed E-state index contributed by atoms with van der Waals surface area (Å²) in [5.41, 5.74) is 0. The first-order valence-electron chi connectivity index (χ1n) is 13.9. The van der Waals surface area contributed by atoms with Gasteiger partial charge in [0.15, 0.2) is 12.6 Å². The largest absolute Gasteiger partial charge is 0.469 e. The fraction of sp³-hybridized carbons (Fsp3) is 0.893. The summed E-state index contributed by atoms with van der Waals surface area (Å²) in [5.74, 6) is 2.95. The molecule has 0 aromatic rings. The third-order valence-electron chi connectivity index (χ3n) is 8.18. The first-order valence-corrected chi connectivity index (χ1v) is 13.9. The molecular weight excluding hydrogens is 416 g/mol. The van der Waals surface area contributed by atoms with Crippen LogP contribution in [0, 0.1) is 23.7 Å². The van der Waals surface area contributed by atoms with Crippen LogP contribution in [0.2, 0.25) is 0 Å². The maximum absolute atomic E-state index is 12.4. The van der Waals surface area contributed by atoms with Crippen LogP contribution in [0.15, 0.2) is 11.8 Å². The van der Waals surface area contributed by atoms with Crippen LogP contribution in [0.5, 0.6) is 0 Å². The van der Waals surface area contributed by atoms with Crippen molar-refractivity contribution in [1.82, 2.24) is 0 Å². The van der Waals surface area contributed by atoms with Crippen molar-refractivity contribution in [3.8, 4) is 0 Å². The molecule has 2 aliphatic carbocycles. The molecule has 3 unspecified atom stereocenters. The van der Waals surface area contributed by atoms with Crippen molar-refractivity contribution in [2.75, 3.05) is 13.2 Å². The second-order valence-electron chi connectivity index (χ2n) is 11.0. The van der Waals surface area contributed by atoms with Gasteiger partial charge in [0, 0.05) is 31.8 Å². The zero-order valence-electron chi connectivity index (χ0n) is 21.0. The highest BCUT2D eigenvalue weighted by Gasteiger charge is 2.51. The lowest BCUT2D eigenvalue weighted by Gasteiger charge is -2.34. The molecule has 33 heavy (non-hydrogen) atoms. The predicted molar refractivity (Wildman–Crippen MR) is 128 cm³/mol. The zero-order valence-corrected chi connectivity index (χ0v) is 21.0. The molecular formula is C28H46O5. The quantitative estimate of drug-likeness (QED) is 0.257. The van der Waals surface area contributed by atoms with Crippen molar-refractivity contribution >= 4 is 5.78 Å². The summed E-state index contributed by atoms with van der Waals surface area (Å²) in [6, 6.07) is 0. The monoisotopic (exact) mass is 462 g/mol. The number of Topliss-reactive ketones (excluding diaryl/α,β-unsaturated/α-hetero) is 1. The first kappa shape index (κ1) is 25.2. The number of rotatable bonds is 11. The lowest BCUT2D eigenvalue weighted by molar-refractivity contribution is -0.201. The van der Waals surface area contributed by atoms with Crippen LogP contribution < -0.4 is 0 Å². The van der Waals surface area contributed by atoms with Gasteiger partial charge in [-0.3, -0.25) is 4.79 Å². The fourth-order valence-electron chi connectivity index (χ4n) is 6.30. The van der Waals surface area contributed by atoms with Gasteiger partial charge in [0.25, 0.3) is 0 Å². The summed E-state index contributed by atoms with van der Waals surface area (Å²) in [6.45, 7) is 6.17. The molecule has 0 bridgehead atoms. The van der Waals surface area contributed by atoms with Crippen LogP contribution in [-0.2, 0) is 23.7 Å². The number of unbranched alkanes of at least 4 members (excludes halogenated alkanes) is 2. The average molecular weight is 463 g/mol. The van der Waals surface area contributed by atoms with E-state index in [-0.39, 0.29) is 24.6 Å².